The number of nitro benzene ring substituents is 1. The Labute approximate surface area is 462 Å². The van der Waals surface area contributed by atoms with Gasteiger partial charge in [0, 0.05) is 39.6 Å². The number of aliphatic hydroxyl groups is 6. The van der Waals surface area contributed by atoms with Crippen molar-refractivity contribution in [1.82, 2.24) is 0 Å². The second kappa shape index (κ2) is 19.9. The zero-order chi connectivity index (χ0) is 58.8. The Morgan fingerprint density at radius 1 is 0.762 bits per heavy atom. The molecule has 0 aromatic heterocycles. The first-order valence-corrected chi connectivity index (χ1v) is 28.7. The third-order valence-corrected chi connectivity index (χ3v) is 20.7. The van der Waals surface area contributed by atoms with E-state index < -0.39 is 132 Å². The summed E-state index contributed by atoms with van der Waals surface area (Å²) in [5.41, 5.74) is -10.8. The molecular weight excluding hydrogens is 1070 g/mol. The third kappa shape index (κ3) is 8.63. The molecule has 434 valence electrons. The highest BCUT2D eigenvalue weighted by atomic mass is 32.2. The number of benzene rings is 2. The Morgan fingerprint density at radius 2 is 1.27 bits per heavy atom. The maximum atomic E-state index is 17.1. The van der Waals surface area contributed by atoms with Gasteiger partial charge < -0.3 is 44.8 Å². The molecule has 9 aliphatic rings. The molecule has 1 aliphatic heterocycles. The van der Waals surface area contributed by atoms with Crippen LogP contribution in [0.4, 0.5) is 20.2 Å². The number of allylic oxidation sites excluding steroid dienone is 8. The molecule has 1 saturated heterocycles. The zero-order valence-corrected chi connectivity index (χ0v) is 46.4. The fourth-order valence-corrected chi connectivity index (χ4v) is 17.0. The molecule has 1 heterocycles. The van der Waals surface area contributed by atoms with Crippen molar-refractivity contribution >= 4 is 44.5 Å². The maximum absolute atomic E-state index is 17.1. The number of nitrogens with zero attached hydrogens (tertiary/aromatic N) is 1. The smallest absolute Gasteiger partial charge is 0.273 e. The molecule has 7 fully saturated rings. The normalized spacial score (nSPS) is 41.4. The second-order valence-electron chi connectivity index (χ2n) is 24.5. The summed E-state index contributed by atoms with van der Waals surface area (Å²) in [7, 11) is -3.52. The molecule has 6 saturated carbocycles. The first-order chi connectivity index (χ1) is 37.2. The highest BCUT2D eigenvalue weighted by Crippen LogP contribution is 2.73. The summed E-state index contributed by atoms with van der Waals surface area (Å²) in [6.07, 6.45) is 6.92. The number of ketones is 4. The van der Waals surface area contributed by atoms with Gasteiger partial charge in [-0.05, 0) is 133 Å². The molecular formula is C58H70F2N2O17S. The Bertz CT molecular complexity index is 3150. The van der Waals surface area contributed by atoms with Gasteiger partial charge in [-0.1, -0.05) is 55.3 Å². The summed E-state index contributed by atoms with van der Waals surface area (Å²) in [6, 6.07) is 12.2. The molecule has 7 N–H and O–H groups in total. The monoisotopic (exact) mass is 1140 g/mol. The van der Waals surface area contributed by atoms with Crippen LogP contribution in [0.2, 0.25) is 0 Å². The van der Waals surface area contributed by atoms with Gasteiger partial charge in [0.15, 0.2) is 57.2 Å². The molecule has 19 nitrogen and oxygen atoms in total. The first kappa shape index (κ1) is 59.2. The van der Waals surface area contributed by atoms with Gasteiger partial charge in [-0.3, -0.25) is 34.0 Å². The van der Waals surface area contributed by atoms with Crippen molar-refractivity contribution in [2.45, 2.75) is 146 Å². The van der Waals surface area contributed by atoms with E-state index in [-0.39, 0.29) is 53.9 Å². The average Bonchev–Trinajstić information content (AvgIpc) is 4.06. The number of hydrogen-bond acceptors (Lipinski definition) is 17. The van der Waals surface area contributed by atoms with Crippen molar-refractivity contribution in [3.05, 3.63) is 106 Å². The minimum atomic E-state index is -3.52. The van der Waals surface area contributed by atoms with Gasteiger partial charge in [-0.25, -0.2) is 17.2 Å². The molecule has 80 heavy (non-hydrogen) atoms. The molecule has 0 spiro atoms. The van der Waals surface area contributed by atoms with E-state index in [1.807, 2.05) is 6.92 Å². The van der Waals surface area contributed by atoms with E-state index in [0.29, 0.717) is 43.4 Å². The third-order valence-electron chi connectivity index (χ3n) is 20.1. The number of nitro groups is 1. The number of sulfonamides is 1. The molecule has 0 radical (unpaired) electrons. The van der Waals surface area contributed by atoms with Crippen LogP contribution in [0.1, 0.15) is 92.9 Å². The highest BCUT2D eigenvalue weighted by Gasteiger charge is 2.80. The number of para-hydroxylation sites is 1. The van der Waals surface area contributed by atoms with Crippen LogP contribution in [-0.4, -0.2) is 139 Å². The van der Waals surface area contributed by atoms with Gasteiger partial charge in [0.2, 0.25) is 10.0 Å². The molecule has 16 atom stereocenters. The number of ether oxygens (including phenoxy) is 3. The number of carbonyl (C=O) groups excluding carboxylic acids is 4. The standard InChI is InChI=1S/C24H31FO6.C21H27FO6.C13H12N2O5S/c1-20(2)30-19-10-16-15-6-5-13-9-14(27)7-8-21(13,3)23(15,25)17(28)11-22(16,4)24(19,31-20)18(29)12-26;1-18-6-5-12(24)7-11(18)3-4-13-14-8-15(25)21(28,17(27)10-23)19(14,2)9-16(26)20(13,18)22;1-21(18,19)14-12-8-7-10(15(16)17)9-13(12)20-11-5-3-2-4-6-11/h7-9,15-17,19,26,28H,5-6,10-12H2,1-4H3;5-7,13-16,23,25-26,28H,3-4,8-10H2,1-2H3;2-9,14H,1H3/t15-,16-,17-,19+,21-,22-,23-,24+;13-,14-,15+,16-,18-,19-,20-,21-;/m00./s1. The fourth-order valence-electron chi connectivity index (χ4n) is 16.4. The minimum Gasteiger partial charge on any atom is -0.455 e. The number of fused-ring (bicyclic) bond motifs is 12. The maximum Gasteiger partial charge on any atom is 0.273 e. The van der Waals surface area contributed by atoms with Crippen molar-refractivity contribution in [3.8, 4) is 11.5 Å². The summed E-state index contributed by atoms with van der Waals surface area (Å²) >= 11 is 0. The molecule has 0 unspecified atom stereocenters. The van der Waals surface area contributed by atoms with Gasteiger partial charge in [-0.2, -0.15) is 0 Å². The van der Waals surface area contributed by atoms with E-state index in [1.165, 1.54) is 48.6 Å². The van der Waals surface area contributed by atoms with Crippen molar-refractivity contribution in [3.63, 3.8) is 0 Å². The van der Waals surface area contributed by atoms with E-state index >= 15 is 8.78 Å². The van der Waals surface area contributed by atoms with E-state index in [2.05, 4.69) is 4.72 Å². The molecule has 2 aromatic rings. The van der Waals surface area contributed by atoms with Gasteiger partial charge in [-0.15, -0.1) is 0 Å². The van der Waals surface area contributed by atoms with E-state index in [1.54, 1.807) is 71.0 Å². The van der Waals surface area contributed by atoms with Crippen molar-refractivity contribution in [2.75, 3.05) is 24.2 Å². The molecule has 0 amide bonds. The number of non-ortho nitro benzene ring substituents is 1. The molecule has 2 aromatic carbocycles. The largest absolute Gasteiger partial charge is 0.455 e. The van der Waals surface area contributed by atoms with Crippen LogP contribution in [0.5, 0.6) is 11.5 Å². The Balaban J connectivity index is 0.000000148. The number of Topliss-reactive ketones (excluding diaryl/α,β-unsaturated/α-hetero) is 2. The van der Waals surface area contributed by atoms with Gasteiger partial charge in [0.25, 0.3) is 5.69 Å². The summed E-state index contributed by atoms with van der Waals surface area (Å²) < 4.78 is 76.7. The lowest BCUT2D eigenvalue weighted by Crippen LogP contribution is -2.70. The van der Waals surface area contributed by atoms with Crippen LogP contribution in [0.15, 0.2) is 96.1 Å². The molecule has 0 bridgehead atoms. The predicted octanol–water partition coefficient (Wildman–Crippen LogP) is 5.80. The van der Waals surface area contributed by atoms with Crippen molar-refractivity contribution in [1.29, 1.82) is 0 Å². The Morgan fingerprint density at radius 3 is 1.77 bits per heavy atom. The lowest BCUT2D eigenvalue weighted by molar-refractivity contribution is -0.384. The fraction of sp³-hybridized carbons (Fsp3) is 0.586. The zero-order valence-electron chi connectivity index (χ0n) is 45.6. The Hall–Kier alpha value is -5.43. The predicted molar refractivity (Wildman–Crippen MR) is 283 cm³/mol. The van der Waals surface area contributed by atoms with Crippen LogP contribution in [0.25, 0.3) is 0 Å². The van der Waals surface area contributed by atoms with Crippen LogP contribution >= 0.6 is 0 Å². The number of alkyl halides is 2. The SMILES string of the molecule is CC1(C)O[C@@H]2C[C@H]3[C@@H]4CCC5=CC(=O)C=C[C@]5(C)[C@@]4(F)[C@@H](O)C[C@]3(C)[C@]2(C(=O)CO)O1.CS(=O)(=O)Nc1ccc([N+](=O)[O-])cc1Oc1ccccc1.C[C@]12C=CC(=O)C=C1CC[C@H]1[C@@H]3C[C@@H](O)[C@](O)(C(=O)CO)[C@@]3(C)C[C@H](O)[C@@]12F. The number of anilines is 1. The highest BCUT2D eigenvalue weighted by molar-refractivity contribution is 7.92. The molecule has 22 heteroatoms. The topological polar surface area (TPSA) is 307 Å². The van der Waals surface area contributed by atoms with E-state index in [0.717, 1.165) is 11.8 Å². The quantitative estimate of drug-likeness (QED) is 0.115. The minimum absolute atomic E-state index is 0.0109. The number of nitrogens with one attached hydrogen (secondary N) is 1. The lowest BCUT2D eigenvalue weighted by Gasteiger charge is -2.62. The van der Waals surface area contributed by atoms with E-state index in [9.17, 15) is 68.3 Å². The number of carbonyl (C=O) groups is 4. The van der Waals surface area contributed by atoms with Gasteiger partial charge >= 0.3 is 0 Å². The number of hydrogen-bond donors (Lipinski definition) is 7. The summed E-state index contributed by atoms with van der Waals surface area (Å²) in [5, 5.41) is 74.1. The number of aliphatic hydroxyl groups excluding tert-OH is 5. The molecule has 11 rings (SSSR count). The van der Waals surface area contributed by atoms with Crippen LogP contribution in [0, 0.1) is 55.4 Å². The van der Waals surface area contributed by atoms with Crippen LogP contribution < -0.4 is 9.46 Å². The first-order valence-electron chi connectivity index (χ1n) is 26.9. The summed E-state index contributed by atoms with van der Waals surface area (Å²) in [5.74, 6) is -4.34. The van der Waals surface area contributed by atoms with Gasteiger partial charge in [0.05, 0.1) is 47.3 Å². The summed E-state index contributed by atoms with van der Waals surface area (Å²) in [4.78, 5) is 59.5. The Kier molecular flexibility index (Phi) is 14.7. The van der Waals surface area contributed by atoms with Gasteiger partial charge in [0.1, 0.15) is 19.0 Å². The van der Waals surface area contributed by atoms with Crippen molar-refractivity contribution in [2.24, 2.45) is 45.3 Å². The number of halogens is 2. The second-order valence-corrected chi connectivity index (χ2v) is 26.3. The van der Waals surface area contributed by atoms with Crippen LogP contribution in [-0.2, 0) is 38.7 Å². The van der Waals surface area contributed by atoms with Crippen LogP contribution in [0.3, 0.4) is 0 Å². The lowest BCUT2D eigenvalue weighted by atomic mass is 9.44. The average molecular weight is 1140 g/mol. The number of rotatable bonds is 9. The summed E-state index contributed by atoms with van der Waals surface area (Å²) in [6.45, 7) is 8.75. The van der Waals surface area contributed by atoms with E-state index in [4.69, 9.17) is 14.2 Å². The van der Waals surface area contributed by atoms with Crippen molar-refractivity contribution < 1.29 is 86.1 Å². The molecule has 8 aliphatic carbocycles.